The van der Waals surface area contributed by atoms with Crippen molar-refractivity contribution in [2.24, 2.45) is 11.3 Å². The Morgan fingerprint density at radius 3 is 2.43 bits per heavy atom. The van der Waals surface area contributed by atoms with E-state index in [1.807, 2.05) is 0 Å². The largest absolute Gasteiger partial charge is 0.314 e. The van der Waals surface area contributed by atoms with Gasteiger partial charge in [-0.2, -0.15) is 0 Å². The molecule has 1 saturated carbocycles. The van der Waals surface area contributed by atoms with Crippen molar-refractivity contribution in [2.75, 3.05) is 26.2 Å². The minimum atomic E-state index is 0. The van der Waals surface area contributed by atoms with Crippen LogP contribution in [0.3, 0.4) is 0 Å². The van der Waals surface area contributed by atoms with E-state index in [0.29, 0.717) is 23.7 Å². The van der Waals surface area contributed by atoms with Crippen LogP contribution in [0.15, 0.2) is 0 Å². The molecule has 0 bridgehead atoms. The molecule has 0 aromatic heterocycles. The van der Waals surface area contributed by atoms with Crippen molar-refractivity contribution in [2.45, 2.75) is 84.6 Å². The van der Waals surface area contributed by atoms with E-state index in [1.165, 1.54) is 64.6 Å². The van der Waals surface area contributed by atoms with Crippen molar-refractivity contribution in [3.63, 3.8) is 0 Å². The number of ketones is 1. The summed E-state index contributed by atoms with van der Waals surface area (Å²) in [5, 5.41) is 3.65. The van der Waals surface area contributed by atoms with Gasteiger partial charge in [0.1, 0.15) is 5.78 Å². The molecule has 136 valence electrons. The second-order valence-corrected chi connectivity index (χ2v) is 8.10. The molecule has 1 unspecified atom stereocenters. The maximum absolute atomic E-state index is 11.9. The number of carbonyl (C=O) groups is 1. The summed E-state index contributed by atoms with van der Waals surface area (Å²) < 4.78 is 0. The molecule has 1 aliphatic carbocycles. The van der Waals surface area contributed by atoms with Gasteiger partial charge in [0.05, 0.1) is 0 Å². The Balaban J connectivity index is 0.00000288. The summed E-state index contributed by atoms with van der Waals surface area (Å²) in [5.74, 6) is 0.662. The van der Waals surface area contributed by atoms with Gasteiger partial charge in [-0.1, -0.05) is 20.8 Å². The second-order valence-electron chi connectivity index (χ2n) is 8.10. The zero-order valence-corrected chi connectivity index (χ0v) is 15.7. The first-order chi connectivity index (χ1) is 11.1. The molecular formula is C20H40N2O. The number of piperidine rings is 1. The van der Waals surface area contributed by atoms with Crippen LogP contribution in [-0.4, -0.2) is 42.9 Å². The zero-order chi connectivity index (χ0) is 16.7. The first-order valence-corrected chi connectivity index (χ1v) is 10.1. The van der Waals surface area contributed by atoms with Crippen LogP contribution < -0.4 is 5.32 Å². The van der Waals surface area contributed by atoms with E-state index < -0.39 is 0 Å². The first-order valence-electron chi connectivity index (χ1n) is 10.1. The van der Waals surface area contributed by atoms with Crippen molar-refractivity contribution in [1.82, 2.24) is 10.2 Å². The normalized spacial score (nSPS) is 24.0. The van der Waals surface area contributed by atoms with Crippen LogP contribution in [0, 0.1) is 11.3 Å². The summed E-state index contributed by atoms with van der Waals surface area (Å²) in [5.41, 5.74) is 0.648. The van der Waals surface area contributed by atoms with E-state index in [0.717, 1.165) is 13.0 Å². The number of rotatable bonds is 8. The molecule has 0 amide bonds. The molecular weight excluding hydrogens is 284 g/mol. The molecule has 0 aromatic rings. The standard InChI is InChI=1S/C20H38N2O.H2/c1-4-14-22-15-11-20(12-16-22)9-6-18(7-10-20)21-13-8-19(23)17(3)5-2;/h17-18,21H,4-16H2,1-3H3;1H. The summed E-state index contributed by atoms with van der Waals surface area (Å²) in [7, 11) is 0. The predicted molar refractivity (Wildman–Crippen MR) is 99.8 cm³/mol. The van der Waals surface area contributed by atoms with E-state index in [9.17, 15) is 4.79 Å². The summed E-state index contributed by atoms with van der Waals surface area (Å²) in [6, 6.07) is 0.652. The van der Waals surface area contributed by atoms with Crippen molar-refractivity contribution >= 4 is 5.78 Å². The Bertz CT molecular complexity index is 357. The lowest BCUT2D eigenvalue weighted by atomic mass is 9.67. The van der Waals surface area contributed by atoms with E-state index in [-0.39, 0.29) is 7.34 Å². The third kappa shape index (κ3) is 5.56. The second kappa shape index (κ2) is 9.17. The molecule has 1 saturated heterocycles. The topological polar surface area (TPSA) is 32.3 Å². The Hall–Kier alpha value is -0.410. The fourth-order valence-corrected chi connectivity index (χ4v) is 4.38. The molecule has 1 atom stereocenters. The van der Waals surface area contributed by atoms with Crippen LogP contribution in [0.4, 0.5) is 0 Å². The van der Waals surface area contributed by atoms with E-state index >= 15 is 0 Å². The molecule has 3 nitrogen and oxygen atoms in total. The lowest BCUT2D eigenvalue weighted by Gasteiger charge is -2.46. The maximum Gasteiger partial charge on any atom is 0.136 e. The number of hydrogen-bond acceptors (Lipinski definition) is 3. The summed E-state index contributed by atoms with van der Waals surface area (Å²) in [6.07, 6.45) is 11.2. The van der Waals surface area contributed by atoms with Gasteiger partial charge in [0.15, 0.2) is 0 Å². The fraction of sp³-hybridized carbons (Fsp3) is 0.950. The summed E-state index contributed by atoms with van der Waals surface area (Å²) >= 11 is 0. The highest BCUT2D eigenvalue weighted by atomic mass is 16.1. The van der Waals surface area contributed by atoms with Gasteiger partial charge in [0.25, 0.3) is 0 Å². The number of likely N-dealkylation sites (tertiary alicyclic amines) is 1. The number of nitrogens with one attached hydrogen (secondary N) is 1. The van der Waals surface area contributed by atoms with Crippen molar-refractivity contribution in [3.05, 3.63) is 0 Å². The fourth-order valence-electron chi connectivity index (χ4n) is 4.38. The number of Topliss-reactive ketones (excluding diaryl/α,β-unsaturated/α-hetero) is 1. The Morgan fingerprint density at radius 2 is 1.87 bits per heavy atom. The van der Waals surface area contributed by atoms with E-state index in [2.05, 4.69) is 31.0 Å². The highest BCUT2D eigenvalue weighted by molar-refractivity contribution is 5.80. The SMILES string of the molecule is CCCN1CCC2(CCC(NCCC(=O)C(C)CC)CC2)CC1.[HH]. The molecule has 1 N–H and O–H groups in total. The van der Waals surface area contributed by atoms with Crippen LogP contribution in [0.25, 0.3) is 0 Å². The van der Waals surface area contributed by atoms with Crippen LogP contribution in [0.5, 0.6) is 0 Å². The molecule has 2 rings (SSSR count). The third-order valence-corrected chi connectivity index (χ3v) is 6.47. The highest BCUT2D eigenvalue weighted by Gasteiger charge is 2.37. The Morgan fingerprint density at radius 1 is 1.22 bits per heavy atom. The van der Waals surface area contributed by atoms with Gasteiger partial charge in [-0.15, -0.1) is 0 Å². The average Bonchev–Trinajstić information content (AvgIpc) is 2.58. The average molecular weight is 325 g/mol. The van der Waals surface area contributed by atoms with Gasteiger partial charge >= 0.3 is 0 Å². The third-order valence-electron chi connectivity index (χ3n) is 6.47. The Kier molecular flexibility index (Phi) is 7.55. The van der Waals surface area contributed by atoms with Crippen molar-refractivity contribution in [3.8, 4) is 0 Å². The summed E-state index contributed by atoms with van der Waals surface area (Å²) in [6.45, 7) is 11.2. The quantitative estimate of drug-likeness (QED) is 0.724. The summed E-state index contributed by atoms with van der Waals surface area (Å²) in [4.78, 5) is 14.5. The highest BCUT2D eigenvalue weighted by Crippen LogP contribution is 2.44. The van der Waals surface area contributed by atoms with Crippen molar-refractivity contribution < 1.29 is 6.22 Å². The maximum atomic E-state index is 11.9. The molecule has 2 aliphatic rings. The zero-order valence-electron chi connectivity index (χ0n) is 15.7. The van der Waals surface area contributed by atoms with E-state index in [1.54, 1.807) is 0 Å². The smallest absolute Gasteiger partial charge is 0.136 e. The van der Waals surface area contributed by atoms with Crippen LogP contribution in [0.1, 0.15) is 80.0 Å². The van der Waals surface area contributed by atoms with Gasteiger partial charge in [-0.05, 0) is 76.4 Å². The van der Waals surface area contributed by atoms with Gasteiger partial charge in [0.2, 0.25) is 0 Å². The van der Waals surface area contributed by atoms with Gasteiger partial charge in [-0.25, -0.2) is 0 Å². The monoisotopic (exact) mass is 324 g/mol. The molecule has 1 heterocycles. The molecule has 2 fully saturated rings. The first kappa shape index (κ1) is 18.9. The molecule has 23 heavy (non-hydrogen) atoms. The lowest BCUT2D eigenvalue weighted by molar-refractivity contribution is -0.122. The van der Waals surface area contributed by atoms with E-state index in [4.69, 9.17) is 0 Å². The lowest BCUT2D eigenvalue weighted by Crippen LogP contribution is -2.45. The molecule has 0 aromatic carbocycles. The molecule has 3 heteroatoms. The van der Waals surface area contributed by atoms with Crippen LogP contribution in [-0.2, 0) is 4.79 Å². The molecule has 1 spiro atoms. The number of hydrogen-bond donors (Lipinski definition) is 1. The molecule has 0 radical (unpaired) electrons. The van der Waals surface area contributed by atoms with Crippen molar-refractivity contribution in [1.29, 1.82) is 0 Å². The minimum absolute atomic E-state index is 0. The predicted octanol–water partition coefficient (Wildman–Crippen LogP) is 4.26. The number of nitrogens with zero attached hydrogens (tertiary/aromatic N) is 1. The van der Waals surface area contributed by atoms with Crippen LogP contribution in [0.2, 0.25) is 0 Å². The Labute approximate surface area is 145 Å². The number of carbonyl (C=O) groups excluding carboxylic acids is 1. The molecule has 1 aliphatic heterocycles. The van der Waals surface area contributed by atoms with Gasteiger partial charge in [0, 0.05) is 26.4 Å². The van der Waals surface area contributed by atoms with Crippen LogP contribution >= 0.6 is 0 Å². The minimum Gasteiger partial charge on any atom is -0.314 e. The van der Waals surface area contributed by atoms with Gasteiger partial charge < -0.3 is 10.2 Å². The van der Waals surface area contributed by atoms with Gasteiger partial charge in [-0.3, -0.25) is 4.79 Å².